The predicted octanol–water partition coefficient (Wildman–Crippen LogP) is 4.17. The summed E-state index contributed by atoms with van der Waals surface area (Å²) < 4.78 is 32.8. The van der Waals surface area contributed by atoms with Crippen LogP contribution >= 0.6 is 0 Å². The van der Waals surface area contributed by atoms with Crippen LogP contribution in [0.25, 0.3) is 11.3 Å². The van der Waals surface area contributed by atoms with Gasteiger partial charge in [-0.2, -0.15) is 0 Å². The Morgan fingerprint density at radius 2 is 1.88 bits per heavy atom. The monoisotopic (exact) mass is 902 g/mol. The summed E-state index contributed by atoms with van der Waals surface area (Å²) in [5.41, 5.74) is 6.34. The summed E-state index contributed by atoms with van der Waals surface area (Å²) >= 11 is 0. The van der Waals surface area contributed by atoms with Gasteiger partial charge >= 0.3 is 12.1 Å². The number of aliphatic hydroxyl groups is 2. The summed E-state index contributed by atoms with van der Waals surface area (Å²) in [5, 5.41) is 43.9. The SMILES string of the molecule is CC[C@@H](C)[C@@]1(C)OC(=O)N(CCCCn2cc(-c3cccc(N)c3)nn2)[C@@H]1[C@@H](C)NC[C@H](C)C[C@@](C)(OC)[C@H](O[C@@H]1OC(C)CC(N2CCOC2CO)C1O)[C@@H](C)C(=O)[C@@H](C)C(=O)O. The molecule has 5 rings (SSSR count). The summed E-state index contributed by atoms with van der Waals surface area (Å²) in [6, 6.07) is 6.58. The number of hydrogen-bond donors (Lipinski definition) is 5. The van der Waals surface area contributed by atoms with Gasteiger partial charge in [-0.1, -0.05) is 45.0 Å². The number of amides is 1. The van der Waals surface area contributed by atoms with Crippen molar-refractivity contribution >= 4 is 23.5 Å². The lowest BCUT2D eigenvalue weighted by Crippen LogP contribution is -2.61. The lowest BCUT2D eigenvalue weighted by Gasteiger charge is -2.47. The van der Waals surface area contributed by atoms with E-state index in [2.05, 4.69) is 43.3 Å². The number of nitrogen functional groups attached to an aromatic ring is 1. The van der Waals surface area contributed by atoms with Gasteiger partial charge in [-0.25, -0.2) is 4.79 Å². The third kappa shape index (κ3) is 11.6. The van der Waals surface area contributed by atoms with Crippen molar-refractivity contribution in [2.45, 2.75) is 161 Å². The number of rotatable bonds is 24. The number of carbonyl (C=O) groups is 3. The molecule has 1 aromatic carbocycles. The van der Waals surface area contributed by atoms with Crippen LogP contribution in [0.5, 0.6) is 0 Å². The lowest BCUT2D eigenvalue weighted by atomic mass is 9.78. The third-order valence-corrected chi connectivity index (χ3v) is 14.1. The fourth-order valence-electron chi connectivity index (χ4n) is 10.0. The topological polar surface area (TPSA) is 233 Å². The number of nitrogens with zero attached hydrogens (tertiary/aromatic N) is 5. The van der Waals surface area contributed by atoms with Crippen LogP contribution in [0.4, 0.5) is 10.5 Å². The fraction of sp³-hybridized carbons (Fsp3) is 0.761. The number of aliphatic carboxylic acids is 1. The summed E-state index contributed by atoms with van der Waals surface area (Å²) in [6.45, 7) is 19.3. The quantitative estimate of drug-likeness (QED) is 0.0565. The molecule has 0 saturated carbocycles. The molecule has 4 heterocycles. The molecule has 1 amide bonds. The fourth-order valence-corrected chi connectivity index (χ4v) is 10.0. The second-order valence-corrected chi connectivity index (χ2v) is 18.9. The van der Waals surface area contributed by atoms with E-state index in [4.69, 9.17) is 29.4 Å². The normalized spacial score (nSPS) is 29.1. The minimum Gasteiger partial charge on any atom is -0.481 e. The van der Waals surface area contributed by atoms with Crippen LogP contribution in [-0.4, -0.2) is 158 Å². The molecule has 6 N–H and O–H groups in total. The van der Waals surface area contributed by atoms with E-state index in [0.29, 0.717) is 51.3 Å². The molecule has 0 bridgehead atoms. The summed E-state index contributed by atoms with van der Waals surface area (Å²) in [6.07, 6.45) is 0.349. The number of benzene rings is 1. The number of carbonyl (C=O) groups excluding carboxylic acids is 2. The second-order valence-electron chi connectivity index (χ2n) is 18.9. The summed E-state index contributed by atoms with van der Waals surface area (Å²) in [7, 11) is 1.53. The Morgan fingerprint density at radius 1 is 1.16 bits per heavy atom. The first kappa shape index (κ1) is 51.2. The molecule has 64 heavy (non-hydrogen) atoms. The van der Waals surface area contributed by atoms with Crippen molar-refractivity contribution in [3.8, 4) is 11.3 Å². The Morgan fingerprint density at radius 3 is 2.53 bits per heavy atom. The van der Waals surface area contributed by atoms with Gasteiger partial charge in [0.25, 0.3) is 0 Å². The molecule has 4 unspecified atom stereocenters. The minimum absolute atomic E-state index is 0.0721. The van der Waals surface area contributed by atoms with E-state index < -0.39 is 65.6 Å². The standard InChI is InChI=1S/C46H75N7O11/c1-11-28(3)46(9)40(53(44(59)64-46)18-13-12-17-51-25-35(49-50-51)33-15-14-16-34(47)22-33)32(7)48-24-27(2)23-45(8,60-10)41(30(5)38(55)31(6)42(57)58)63-43-39(56)36(21-29(4)62-43)52-19-20-61-37(52)26-54/h14-16,22,25,27-32,36-37,39-41,43,48,54,56H,11-13,17-21,23-24,26,47H2,1-10H3,(H,57,58)/t27-,28-,29?,30+,31-,32-,36?,37?,39?,40-,41-,43+,45-,46-/m1/s1. The molecule has 0 spiro atoms. The highest BCUT2D eigenvalue weighted by Gasteiger charge is 2.55. The van der Waals surface area contributed by atoms with Crippen molar-refractivity contribution in [3.63, 3.8) is 0 Å². The number of Topliss-reactive ketones (excluding diaryl/α,β-unsaturated/α-hetero) is 1. The van der Waals surface area contributed by atoms with Crippen molar-refractivity contribution in [2.75, 3.05) is 45.7 Å². The van der Waals surface area contributed by atoms with Crippen molar-refractivity contribution in [2.24, 2.45) is 23.7 Å². The Balaban J connectivity index is 1.28. The van der Waals surface area contributed by atoms with E-state index in [1.807, 2.05) is 61.0 Å². The predicted molar refractivity (Wildman–Crippen MR) is 239 cm³/mol. The van der Waals surface area contributed by atoms with E-state index in [1.54, 1.807) is 11.6 Å². The molecule has 18 nitrogen and oxygen atoms in total. The zero-order valence-electron chi connectivity index (χ0n) is 39.5. The number of ketones is 1. The highest BCUT2D eigenvalue weighted by molar-refractivity contribution is 5.99. The highest BCUT2D eigenvalue weighted by Crippen LogP contribution is 2.40. The summed E-state index contributed by atoms with van der Waals surface area (Å²) in [5.74, 6) is -4.09. The van der Waals surface area contributed by atoms with Gasteiger partial charge in [0.1, 0.15) is 29.5 Å². The number of aliphatic hydroxyl groups excluding tert-OH is 2. The summed E-state index contributed by atoms with van der Waals surface area (Å²) in [4.78, 5) is 43.2. The largest absolute Gasteiger partial charge is 0.481 e. The number of unbranched alkanes of at least 4 members (excludes halogenated alkanes) is 1. The van der Waals surface area contributed by atoms with Crippen molar-refractivity contribution in [3.05, 3.63) is 30.5 Å². The highest BCUT2D eigenvalue weighted by atomic mass is 16.7. The van der Waals surface area contributed by atoms with E-state index in [1.165, 1.54) is 14.0 Å². The molecule has 3 fully saturated rings. The minimum atomic E-state index is -1.31. The number of carboxylic acids is 1. The van der Waals surface area contributed by atoms with E-state index in [0.717, 1.165) is 30.5 Å². The molecule has 3 aliphatic heterocycles. The molecule has 3 saturated heterocycles. The van der Waals surface area contributed by atoms with Crippen molar-refractivity contribution in [1.29, 1.82) is 0 Å². The van der Waals surface area contributed by atoms with Crippen LogP contribution in [0.2, 0.25) is 0 Å². The molecule has 360 valence electrons. The smallest absolute Gasteiger partial charge is 0.410 e. The molecule has 14 atom stereocenters. The van der Waals surface area contributed by atoms with Crippen LogP contribution in [0, 0.1) is 23.7 Å². The number of anilines is 1. The van der Waals surface area contributed by atoms with Crippen molar-refractivity contribution < 1.29 is 53.4 Å². The van der Waals surface area contributed by atoms with Gasteiger partial charge in [-0.05, 0) is 97.2 Å². The van der Waals surface area contributed by atoms with Gasteiger partial charge in [0.2, 0.25) is 0 Å². The van der Waals surface area contributed by atoms with E-state index in [9.17, 15) is 29.7 Å². The van der Waals surface area contributed by atoms with Gasteiger partial charge in [0.05, 0.1) is 43.3 Å². The van der Waals surface area contributed by atoms with Crippen LogP contribution in [0.1, 0.15) is 94.4 Å². The molecule has 0 aliphatic carbocycles. The molecule has 2 aromatic rings. The average molecular weight is 902 g/mol. The molecule has 1 aromatic heterocycles. The molecular formula is C46H75N7O11. The van der Waals surface area contributed by atoms with Crippen LogP contribution in [0.3, 0.4) is 0 Å². The Hall–Kier alpha value is -3.75. The number of nitrogens with one attached hydrogen (secondary N) is 1. The molecule has 18 heteroatoms. The van der Waals surface area contributed by atoms with Crippen molar-refractivity contribution in [1.82, 2.24) is 30.1 Å². The molecule has 0 radical (unpaired) electrons. The number of aryl methyl sites for hydroxylation is 1. The maximum absolute atomic E-state index is 13.8. The lowest BCUT2D eigenvalue weighted by molar-refractivity contribution is -0.299. The van der Waals surface area contributed by atoms with Gasteiger partial charge in [-0.15, -0.1) is 5.10 Å². The van der Waals surface area contributed by atoms with Gasteiger partial charge < -0.3 is 50.1 Å². The zero-order chi connectivity index (χ0) is 47.1. The molecule has 3 aliphatic rings. The van der Waals surface area contributed by atoms with Crippen LogP contribution < -0.4 is 11.1 Å². The zero-order valence-corrected chi connectivity index (χ0v) is 39.5. The van der Waals surface area contributed by atoms with E-state index in [-0.39, 0.29) is 42.7 Å². The number of aromatic nitrogens is 3. The Labute approximate surface area is 378 Å². The first-order chi connectivity index (χ1) is 30.3. The number of cyclic esters (lactones) is 1. The first-order valence-corrected chi connectivity index (χ1v) is 23.1. The Kier molecular flexibility index (Phi) is 17.7. The average Bonchev–Trinajstić information content (AvgIpc) is 4.01. The number of hydrogen-bond acceptors (Lipinski definition) is 15. The second kappa shape index (κ2) is 22.2. The third-order valence-electron chi connectivity index (χ3n) is 14.1. The molecular weight excluding hydrogens is 827 g/mol. The van der Waals surface area contributed by atoms with Gasteiger partial charge in [0.15, 0.2) is 12.1 Å². The maximum Gasteiger partial charge on any atom is 0.410 e. The van der Waals surface area contributed by atoms with Gasteiger partial charge in [-0.3, -0.25) is 24.1 Å². The first-order valence-electron chi connectivity index (χ1n) is 23.1. The Bertz CT molecular complexity index is 1850. The number of ether oxygens (including phenoxy) is 5. The van der Waals surface area contributed by atoms with Gasteiger partial charge in [0, 0.05) is 56.0 Å². The van der Waals surface area contributed by atoms with Crippen LogP contribution in [-0.2, 0) is 39.8 Å². The van der Waals surface area contributed by atoms with Crippen LogP contribution in [0.15, 0.2) is 30.5 Å². The number of nitrogens with two attached hydrogens (primary N) is 1. The maximum atomic E-state index is 13.8. The van der Waals surface area contributed by atoms with E-state index >= 15 is 0 Å². The number of methoxy groups -OCH3 is 1. The number of carboxylic acid groups (broad SMARTS) is 1.